The number of nitrogens with two attached hydrogens (primary N) is 1. The zero-order valence-electron chi connectivity index (χ0n) is 15.8. The molecule has 1 fully saturated rings. The van der Waals surface area contributed by atoms with Gasteiger partial charge in [0.25, 0.3) is 0 Å². The van der Waals surface area contributed by atoms with Gasteiger partial charge in [0.2, 0.25) is 0 Å². The molecule has 6 nitrogen and oxygen atoms in total. The summed E-state index contributed by atoms with van der Waals surface area (Å²) < 4.78 is 7.59. The molecule has 2 N–H and O–H groups in total. The van der Waals surface area contributed by atoms with Crippen LogP contribution in [0.25, 0.3) is 27.9 Å². The van der Waals surface area contributed by atoms with Crippen molar-refractivity contribution in [1.29, 1.82) is 0 Å². The van der Waals surface area contributed by atoms with Crippen molar-refractivity contribution in [3.63, 3.8) is 0 Å². The molecule has 0 bridgehead atoms. The number of rotatable bonds is 2. The number of benzene rings is 1. The van der Waals surface area contributed by atoms with Crippen molar-refractivity contribution in [1.82, 2.24) is 9.38 Å². The van der Waals surface area contributed by atoms with Gasteiger partial charge in [-0.1, -0.05) is 6.07 Å². The Balaban J connectivity index is 1.55. The van der Waals surface area contributed by atoms with Crippen LogP contribution in [-0.2, 0) is 0 Å². The molecular weight excluding hydrogens is 352 g/mol. The molecule has 5 rings (SSSR count). The van der Waals surface area contributed by atoms with E-state index >= 15 is 0 Å². The van der Waals surface area contributed by atoms with Crippen LogP contribution in [0, 0.1) is 6.92 Å². The van der Waals surface area contributed by atoms with Gasteiger partial charge in [-0.05, 0) is 49.6 Å². The minimum absolute atomic E-state index is 0.284. The molecule has 4 aromatic rings. The van der Waals surface area contributed by atoms with Gasteiger partial charge in [0.05, 0.1) is 11.3 Å². The monoisotopic (exact) mass is 374 g/mol. The molecule has 0 amide bonds. The lowest BCUT2D eigenvalue weighted by molar-refractivity contribution is 0.501. The van der Waals surface area contributed by atoms with Crippen LogP contribution in [-0.4, -0.2) is 28.5 Å². The molecule has 0 saturated carbocycles. The van der Waals surface area contributed by atoms with E-state index in [2.05, 4.69) is 16.0 Å². The first-order valence-corrected chi connectivity index (χ1v) is 9.61. The maximum Gasteiger partial charge on any atom is 0.345 e. The van der Waals surface area contributed by atoms with Gasteiger partial charge in [-0.15, -0.1) is 0 Å². The van der Waals surface area contributed by atoms with Gasteiger partial charge in [0.1, 0.15) is 11.2 Å². The standard InChI is InChI=1S/C22H22N4O2/c1-14-2-5-21-24-19(13-26(21)12-14)18-10-15-3-4-17(11-20(15)28-22(18)27)25-8-6-16(23)7-9-25/h2-5,10-13,16H,6-9,23H2,1H3. The average molecular weight is 374 g/mol. The van der Waals surface area contributed by atoms with Crippen LogP contribution >= 0.6 is 0 Å². The Hall–Kier alpha value is -3.12. The molecule has 0 spiro atoms. The fourth-order valence-electron chi connectivity index (χ4n) is 3.87. The third kappa shape index (κ3) is 2.96. The minimum atomic E-state index is -0.370. The fraction of sp³-hybridized carbons (Fsp3) is 0.273. The highest BCUT2D eigenvalue weighted by molar-refractivity contribution is 5.84. The smallest absolute Gasteiger partial charge is 0.345 e. The Bertz CT molecular complexity index is 1230. The van der Waals surface area contributed by atoms with E-state index in [1.54, 1.807) is 0 Å². The first kappa shape index (κ1) is 17.0. The Morgan fingerprint density at radius 1 is 1.11 bits per heavy atom. The molecule has 1 aliphatic heterocycles. The van der Waals surface area contributed by atoms with Crippen molar-refractivity contribution in [3.05, 3.63) is 64.8 Å². The van der Waals surface area contributed by atoms with E-state index in [-0.39, 0.29) is 11.7 Å². The summed E-state index contributed by atoms with van der Waals surface area (Å²) in [7, 11) is 0. The third-order valence-corrected chi connectivity index (χ3v) is 5.50. The van der Waals surface area contributed by atoms with Crippen LogP contribution in [0.2, 0.25) is 0 Å². The van der Waals surface area contributed by atoms with Gasteiger partial charge in [0.15, 0.2) is 0 Å². The number of piperidine rings is 1. The second kappa shape index (κ2) is 6.49. The quantitative estimate of drug-likeness (QED) is 0.545. The molecule has 3 aromatic heterocycles. The van der Waals surface area contributed by atoms with Gasteiger partial charge < -0.3 is 19.5 Å². The highest BCUT2D eigenvalue weighted by Gasteiger charge is 2.18. The Morgan fingerprint density at radius 3 is 2.75 bits per heavy atom. The molecule has 1 aromatic carbocycles. The van der Waals surface area contributed by atoms with Crippen molar-refractivity contribution in [2.24, 2.45) is 5.73 Å². The van der Waals surface area contributed by atoms with Crippen molar-refractivity contribution in [3.8, 4) is 11.3 Å². The number of fused-ring (bicyclic) bond motifs is 2. The summed E-state index contributed by atoms with van der Waals surface area (Å²) in [5.74, 6) is 0. The minimum Gasteiger partial charge on any atom is -0.422 e. The summed E-state index contributed by atoms with van der Waals surface area (Å²) >= 11 is 0. The van der Waals surface area contributed by atoms with Crippen LogP contribution in [0.15, 0.2) is 58.0 Å². The summed E-state index contributed by atoms with van der Waals surface area (Å²) in [5.41, 5.74) is 10.3. The van der Waals surface area contributed by atoms with E-state index in [9.17, 15) is 4.79 Å². The highest BCUT2D eigenvalue weighted by Crippen LogP contribution is 2.26. The molecule has 1 aliphatic rings. The molecule has 6 heteroatoms. The van der Waals surface area contributed by atoms with E-state index in [0.29, 0.717) is 16.8 Å². The van der Waals surface area contributed by atoms with Crippen molar-refractivity contribution in [2.75, 3.05) is 18.0 Å². The maximum absolute atomic E-state index is 12.7. The Morgan fingerprint density at radius 2 is 1.93 bits per heavy atom. The number of hydrogen-bond donors (Lipinski definition) is 1. The van der Waals surface area contributed by atoms with Gasteiger partial charge in [0, 0.05) is 48.7 Å². The molecule has 0 unspecified atom stereocenters. The van der Waals surface area contributed by atoms with E-state index in [1.165, 1.54) is 0 Å². The number of imidazole rings is 1. The molecular formula is C22H22N4O2. The van der Waals surface area contributed by atoms with E-state index in [1.807, 2.05) is 54.0 Å². The number of pyridine rings is 1. The number of aromatic nitrogens is 2. The second-order valence-corrected chi connectivity index (χ2v) is 7.59. The first-order valence-electron chi connectivity index (χ1n) is 9.61. The van der Waals surface area contributed by atoms with Gasteiger partial charge >= 0.3 is 5.63 Å². The largest absolute Gasteiger partial charge is 0.422 e. The molecule has 1 saturated heterocycles. The van der Waals surface area contributed by atoms with Crippen molar-refractivity contribution in [2.45, 2.75) is 25.8 Å². The summed E-state index contributed by atoms with van der Waals surface area (Å²) in [6.07, 6.45) is 5.82. The highest BCUT2D eigenvalue weighted by atomic mass is 16.4. The number of hydrogen-bond acceptors (Lipinski definition) is 5. The molecule has 28 heavy (non-hydrogen) atoms. The fourth-order valence-corrected chi connectivity index (χ4v) is 3.87. The lowest BCUT2D eigenvalue weighted by atomic mass is 10.0. The Kier molecular flexibility index (Phi) is 3.94. The maximum atomic E-state index is 12.7. The van der Waals surface area contributed by atoms with Gasteiger partial charge in [-0.2, -0.15) is 0 Å². The summed E-state index contributed by atoms with van der Waals surface area (Å²) in [6, 6.07) is 12.1. The lowest BCUT2D eigenvalue weighted by Gasteiger charge is -2.32. The van der Waals surface area contributed by atoms with Crippen LogP contribution in [0.3, 0.4) is 0 Å². The molecule has 0 atom stereocenters. The normalized spacial score (nSPS) is 15.6. The lowest BCUT2D eigenvalue weighted by Crippen LogP contribution is -2.39. The SMILES string of the molecule is Cc1ccc2nc(-c3cc4ccc(N5CCC(N)CC5)cc4oc3=O)cn2c1. The first-order chi connectivity index (χ1) is 13.6. The van der Waals surface area contributed by atoms with Gasteiger partial charge in [-0.3, -0.25) is 0 Å². The number of aryl methyl sites for hydroxylation is 1. The zero-order chi connectivity index (χ0) is 19.3. The van der Waals surface area contributed by atoms with Crippen molar-refractivity contribution >= 4 is 22.3 Å². The number of anilines is 1. The number of nitrogens with zero attached hydrogens (tertiary/aromatic N) is 3. The van der Waals surface area contributed by atoms with E-state index in [0.717, 1.165) is 48.2 Å². The second-order valence-electron chi connectivity index (χ2n) is 7.59. The summed E-state index contributed by atoms with van der Waals surface area (Å²) in [5, 5.41) is 0.889. The summed E-state index contributed by atoms with van der Waals surface area (Å²) in [6.45, 7) is 3.88. The predicted octanol–water partition coefficient (Wildman–Crippen LogP) is 3.34. The Labute approximate surface area is 162 Å². The molecule has 0 radical (unpaired) electrons. The van der Waals surface area contributed by atoms with Crippen LogP contribution in [0.1, 0.15) is 18.4 Å². The predicted molar refractivity (Wildman–Crippen MR) is 111 cm³/mol. The zero-order valence-corrected chi connectivity index (χ0v) is 15.8. The molecule has 142 valence electrons. The third-order valence-electron chi connectivity index (χ3n) is 5.50. The van der Waals surface area contributed by atoms with Crippen LogP contribution in [0.4, 0.5) is 5.69 Å². The topological polar surface area (TPSA) is 76.8 Å². The molecule has 4 heterocycles. The van der Waals surface area contributed by atoms with E-state index in [4.69, 9.17) is 10.2 Å². The average Bonchev–Trinajstić information content (AvgIpc) is 3.10. The van der Waals surface area contributed by atoms with Gasteiger partial charge in [-0.25, -0.2) is 9.78 Å². The van der Waals surface area contributed by atoms with Crippen LogP contribution in [0.5, 0.6) is 0 Å². The van der Waals surface area contributed by atoms with Crippen molar-refractivity contribution < 1.29 is 4.42 Å². The van der Waals surface area contributed by atoms with Crippen LogP contribution < -0.4 is 16.3 Å². The van der Waals surface area contributed by atoms with E-state index < -0.39 is 0 Å². The summed E-state index contributed by atoms with van der Waals surface area (Å²) in [4.78, 5) is 19.5. The molecule has 0 aliphatic carbocycles.